The summed E-state index contributed by atoms with van der Waals surface area (Å²) in [4.78, 5) is 29.1. The van der Waals surface area contributed by atoms with Gasteiger partial charge in [0.25, 0.3) is 0 Å². The molecule has 0 aliphatic carbocycles. The van der Waals surface area contributed by atoms with Crippen molar-refractivity contribution in [1.29, 1.82) is 0 Å². The second-order valence-corrected chi connectivity index (χ2v) is 8.38. The number of nitrogens with two attached hydrogens (primary N) is 2. The summed E-state index contributed by atoms with van der Waals surface area (Å²) < 4.78 is 0. The number of hydrogen-bond donors (Lipinski definition) is 5. The zero-order chi connectivity index (χ0) is 24.6. The standard InChI is InChI=1S/C27H30N6O2/c28-16-6-5-9-22(29)27(35)30-17-25(34)31-18-12-14-19(15-13-18)32-26-20-7-1-3-10-23(20)33-24-11-4-2-8-21(24)26/h1-4,7-8,10-15,22H,5-6,9,16-17,28-29H2,(H,30,35)(H,31,34)(H,32,33)/t22-/m0/s1. The lowest BCUT2D eigenvalue weighted by Gasteiger charge is -2.14. The van der Waals surface area contributed by atoms with Crippen molar-refractivity contribution in [1.82, 2.24) is 10.3 Å². The molecule has 180 valence electrons. The predicted molar refractivity (Wildman–Crippen MR) is 141 cm³/mol. The Labute approximate surface area is 204 Å². The number of benzene rings is 3. The van der Waals surface area contributed by atoms with Crippen molar-refractivity contribution in [2.24, 2.45) is 11.5 Å². The van der Waals surface area contributed by atoms with Crippen molar-refractivity contribution in [3.63, 3.8) is 0 Å². The zero-order valence-corrected chi connectivity index (χ0v) is 19.5. The number of para-hydroxylation sites is 2. The van der Waals surface area contributed by atoms with Gasteiger partial charge in [-0.15, -0.1) is 0 Å². The number of aromatic nitrogens is 1. The van der Waals surface area contributed by atoms with Crippen LogP contribution in [0.4, 0.5) is 17.1 Å². The van der Waals surface area contributed by atoms with Crippen molar-refractivity contribution < 1.29 is 9.59 Å². The number of nitrogens with one attached hydrogen (secondary N) is 3. The first-order valence-corrected chi connectivity index (χ1v) is 11.7. The Kier molecular flexibility index (Phi) is 7.87. The Morgan fingerprint density at radius 1 is 0.829 bits per heavy atom. The van der Waals surface area contributed by atoms with Gasteiger partial charge in [0.1, 0.15) is 0 Å². The van der Waals surface area contributed by atoms with E-state index in [1.807, 2.05) is 72.8 Å². The first-order valence-electron chi connectivity index (χ1n) is 11.7. The topological polar surface area (TPSA) is 135 Å². The number of carbonyl (C=O) groups is 2. The molecule has 0 saturated heterocycles. The highest BCUT2D eigenvalue weighted by molar-refractivity contribution is 6.08. The molecule has 0 unspecified atom stereocenters. The van der Waals surface area contributed by atoms with Crippen LogP contribution in [0.1, 0.15) is 19.3 Å². The molecule has 35 heavy (non-hydrogen) atoms. The highest BCUT2D eigenvalue weighted by atomic mass is 16.2. The van der Waals surface area contributed by atoms with Crippen LogP contribution >= 0.6 is 0 Å². The third-order valence-electron chi connectivity index (χ3n) is 5.75. The summed E-state index contributed by atoms with van der Waals surface area (Å²) in [5.74, 6) is -0.659. The largest absolute Gasteiger partial charge is 0.354 e. The maximum absolute atomic E-state index is 12.3. The van der Waals surface area contributed by atoms with E-state index in [4.69, 9.17) is 16.5 Å². The SMILES string of the molecule is NCCCC[C@H](N)C(=O)NCC(=O)Nc1ccc(Nc2c3ccccc3nc3ccccc23)cc1. The average Bonchev–Trinajstić information content (AvgIpc) is 2.88. The number of unbranched alkanes of at least 4 members (excludes halogenated alkanes) is 1. The van der Waals surface area contributed by atoms with Crippen LogP contribution in [0.25, 0.3) is 21.8 Å². The van der Waals surface area contributed by atoms with E-state index in [1.54, 1.807) is 0 Å². The van der Waals surface area contributed by atoms with Gasteiger partial charge in [-0.2, -0.15) is 0 Å². The number of pyridine rings is 1. The average molecular weight is 471 g/mol. The third-order valence-corrected chi connectivity index (χ3v) is 5.75. The molecule has 1 atom stereocenters. The van der Waals surface area contributed by atoms with Crippen LogP contribution in [0, 0.1) is 0 Å². The van der Waals surface area contributed by atoms with Crippen molar-refractivity contribution in [3.8, 4) is 0 Å². The molecule has 0 aliphatic rings. The number of fused-ring (bicyclic) bond motifs is 2. The molecule has 8 heteroatoms. The first kappa shape index (κ1) is 24.1. The summed E-state index contributed by atoms with van der Waals surface area (Å²) >= 11 is 0. The molecule has 7 N–H and O–H groups in total. The van der Waals surface area contributed by atoms with Gasteiger partial charge in [0.15, 0.2) is 0 Å². The van der Waals surface area contributed by atoms with Crippen LogP contribution in [0.2, 0.25) is 0 Å². The summed E-state index contributed by atoms with van der Waals surface area (Å²) in [6, 6.07) is 22.8. The molecule has 1 heterocycles. The van der Waals surface area contributed by atoms with Crippen molar-refractivity contribution in [2.45, 2.75) is 25.3 Å². The Bertz CT molecular complexity index is 1270. The Morgan fingerprint density at radius 3 is 2.06 bits per heavy atom. The maximum Gasteiger partial charge on any atom is 0.243 e. The van der Waals surface area contributed by atoms with E-state index in [1.165, 1.54) is 0 Å². The summed E-state index contributed by atoms with van der Waals surface area (Å²) in [6.07, 6.45) is 2.14. The summed E-state index contributed by atoms with van der Waals surface area (Å²) in [5.41, 5.74) is 15.6. The van der Waals surface area contributed by atoms with Gasteiger partial charge in [0.05, 0.1) is 29.3 Å². The number of amides is 2. The molecule has 8 nitrogen and oxygen atoms in total. The molecule has 0 bridgehead atoms. The van der Waals surface area contributed by atoms with Gasteiger partial charge >= 0.3 is 0 Å². The maximum atomic E-state index is 12.3. The van der Waals surface area contributed by atoms with Gasteiger partial charge in [-0.25, -0.2) is 4.98 Å². The molecular formula is C27H30N6O2. The highest BCUT2D eigenvalue weighted by Crippen LogP contribution is 2.33. The fourth-order valence-corrected chi connectivity index (χ4v) is 3.90. The molecule has 0 saturated carbocycles. The molecule has 0 radical (unpaired) electrons. The molecule has 1 aromatic heterocycles. The van der Waals surface area contributed by atoms with E-state index in [0.29, 0.717) is 18.7 Å². The smallest absolute Gasteiger partial charge is 0.243 e. The van der Waals surface area contributed by atoms with Crippen LogP contribution in [-0.4, -0.2) is 35.9 Å². The van der Waals surface area contributed by atoms with E-state index in [-0.39, 0.29) is 18.4 Å². The number of anilines is 3. The quantitative estimate of drug-likeness (QED) is 0.177. The normalized spacial score (nSPS) is 11.8. The fraction of sp³-hybridized carbons (Fsp3) is 0.222. The fourth-order valence-electron chi connectivity index (χ4n) is 3.90. The molecule has 4 aromatic rings. The Morgan fingerprint density at radius 2 is 1.43 bits per heavy atom. The molecule has 0 spiro atoms. The molecule has 0 fully saturated rings. The third kappa shape index (κ3) is 6.11. The Balaban J connectivity index is 1.39. The minimum absolute atomic E-state index is 0.140. The van der Waals surface area contributed by atoms with Crippen molar-refractivity contribution in [2.75, 3.05) is 23.7 Å². The zero-order valence-electron chi connectivity index (χ0n) is 19.5. The number of carbonyl (C=O) groups excluding carboxylic acids is 2. The highest BCUT2D eigenvalue weighted by Gasteiger charge is 2.14. The summed E-state index contributed by atoms with van der Waals surface area (Å²) in [5, 5.41) is 10.9. The van der Waals surface area contributed by atoms with E-state index in [2.05, 4.69) is 16.0 Å². The lowest BCUT2D eigenvalue weighted by atomic mass is 10.1. The van der Waals surface area contributed by atoms with E-state index >= 15 is 0 Å². The van der Waals surface area contributed by atoms with Crippen molar-refractivity contribution in [3.05, 3.63) is 72.8 Å². The summed E-state index contributed by atoms with van der Waals surface area (Å²) in [7, 11) is 0. The van der Waals surface area contributed by atoms with Gasteiger partial charge in [-0.3, -0.25) is 9.59 Å². The van der Waals surface area contributed by atoms with Crippen LogP contribution in [0.3, 0.4) is 0 Å². The van der Waals surface area contributed by atoms with E-state index in [0.717, 1.165) is 46.0 Å². The molecule has 4 rings (SSSR count). The van der Waals surface area contributed by atoms with Gasteiger partial charge in [0.2, 0.25) is 11.8 Å². The number of hydrogen-bond acceptors (Lipinski definition) is 6. The van der Waals surface area contributed by atoms with Crippen LogP contribution in [0.15, 0.2) is 72.8 Å². The van der Waals surface area contributed by atoms with Gasteiger partial charge in [0, 0.05) is 22.1 Å². The van der Waals surface area contributed by atoms with E-state index < -0.39 is 6.04 Å². The minimum atomic E-state index is -0.639. The molecule has 2 amide bonds. The second kappa shape index (κ2) is 11.4. The Hall–Kier alpha value is -4.01. The summed E-state index contributed by atoms with van der Waals surface area (Å²) in [6.45, 7) is 0.430. The second-order valence-electron chi connectivity index (χ2n) is 8.38. The number of rotatable bonds is 10. The predicted octanol–water partition coefficient (Wildman–Crippen LogP) is 3.64. The van der Waals surface area contributed by atoms with Gasteiger partial charge < -0.3 is 27.4 Å². The monoisotopic (exact) mass is 470 g/mol. The van der Waals surface area contributed by atoms with Crippen LogP contribution < -0.4 is 27.4 Å². The molecule has 3 aromatic carbocycles. The first-order chi connectivity index (χ1) is 17.0. The molecule has 0 aliphatic heterocycles. The lowest BCUT2D eigenvalue weighted by Crippen LogP contribution is -2.43. The van der Waals surface area contributed by atoms with Crippen LogP contribution in [-0.2, 0) is 9.59 Å². The van der Waals surface area contributed by atoms with Gasteiger partial charge in [-0.05, 0) is 55.8 Å². The lowest BCUT2D eigenvalue weighted by molar-refractivity contribution is -0.125. The van der Waals surface area contributed by atoms with Crippen LogP contribution in [0.5, 0.6) is 0 Å². The number of nitrogens with zero attached hydrogens (tertiary/aromatic N) is 1. The van der Waals surface area contributed by atoms with E-state index in [9.17, 15) is 9.59 Å². The molecular weight excluding hydrogens is 440 g/mol. The minimum Gasteiger partial charge on any atom is -0.354 e. The van der Waals surface area contributed by atoms with Gasteiger partial charge in [-0.1, -0.05) is 42.8 Å². The van der Waals surface area contributed by atoms with Crippen molar-refractivity contribution >= 4 is 50.7 Å².